The summed E-state index contributed by atoms with van der Waals surface area (Å²) in [6.07, 6.45) is 4.24. The van der Waals surface area contributed by atoms with Gasteiger partial charge in [0.05, 0.1) is 7.11 Å². The van der Waals surface area contributed by atoms with E-state index < -0.39 is 5.97 Å². The molecule has 1 heterocycles. The van der Waals surface area contributed by atoms with E-state index in [0.29, 0.717) is 18.5 Å². The summed E-state index contributed by atoms with van der Waals surface area (Å²) in [6, 6.07) is 7.85. The molecule has 1 N–H and O–H groups in total. The molecule has 4 nitrogen and oxygen atoms in total. The molecule has 0 saturated heterocycles. The topological polar surface area (TPSA) is 51.5 Å². The summed E-state index contributed by atoms with van der Waals surface area (Å²) >= 11 is 0. The molecular formula is C15H17NO3. The Morgan fingerprint density at radius 2 is 2.21 bits per heavy atom. The molecule has 2 aromatic rings. The first-order chi connectivity index (χ1) is 9.15. The van der Waals surface area contributed by atoms with Gasteiger partial charge in [0.1, 0.15) is 5.75 Å². The Kier molecular flexibility index (Phi) is 3.90. The van der Waals surface area contributed by atoms with Crippen molar-refractivity contribution >= 4 is 16.9 Å². The molecule has 0 aliphatic rings. The molecule has 4 heteroatoms. The number of allylic oxidation sites excluding steroid dienone is 1. The predicted octanol–water partition coefficient (Wildman–Crippen LogP) is 3.07. The number of methoxy groups -OCH3 is 1. The molecule has 0 fully saturated rings. The summed E-state index contributed by atoms with van der Waals surface area (Å²) in [6.45, 7) is 2.41. The van der Waals surface area contributed by atoms with E-state index in [2.05, 4.69) is 0 Å². The molecule has 0 aliphatic heterocycles. The van der Waals surface area contributed by atoms with Crippen LogP contribution in [0.15, 0.2) is 42.1 Å². The van der Waals surface area contributed by atoms with Crippen molar-refractivity contribution in [2.24, 2.45) is 0 Å². The first-order valence-electron chi connectivity index (χ1n) is 6.21. The number of fused-ring (bicyclic) bond motifs is 1. The Labute approximate surface area is 111 Å². The van der Waals surface area contributed by atoms with Crippen LogP contribution in [0.2, 0.25) is 0 Å². The van der Waals surface area contributed by atoms with Gasteiger partial charge in [-0.1, -0.05) is 13.0 Å². The predicted molar refractivity (Wildman–Crippen MR) is 74.5 cm³/mol. The second-order valence-corrected chi connectivity index (χ2v) is 4.28. The smallest absolute Gasteiger partial charge is 0.331 e. The zero-order chi connectivity index (χ0) is 13.8. The minimum atomic E-state index is -0.847. The minimum Gasteiger partial charge on any atom is -0.497 e. The fourth-order valence-corrected chi connectivity index (χ4v) is 2.06. The third-order valence-corrected chi connectivity index (χ3v) is 3.17. The van der Waals surface area contributed by atoms with E-state index in [1.54, 1.807) is 13.2 Å². The van der Waals surface area contributed by atoms with E-state index in [1.165, 1.54) is 0 Å². The van der Waals surface area contributed by atoms with Crippen molar-refractivity contribution in [2.75, 3.05) is 7.11 Å². The lowest BCUT2D eigenvalue weighted by atomic mass is 10.2. The lowest BCUT2D eigenvalue weighted by Crippen LogP contribution is -2.02. The van der Waals surface area contributed by atoms with Crippen LogP contribution < -0.4 is 4.74 Å². The summed E-state index contributed by atoms with van der Waals surface area (Å²) in [7, 11) is 1.64. The second-order valence-electron chi connectivity index (χ2n) is 4.28. The van der Waals surface area contributed by atoms with Crippen LogP contribution in [0.5, 0.6) is 5.75 Å². The van der Waals surface area contributed by atoms with Crippen molar-refractivity contribution in [1.82, 2.24) is 4.57 Å². The number of nitrogens with zero attached hydrogens (tertiary/aromatic N) is 1. The molecule has 0 aliphatic carbocycles. The first-order valence-corrected chi connectivity index (χ1v) is 6.21. The Bertz CT molecular complexity index is 625. The van der Waals surface area contributed by atoms with Crippen LogP contribution in [0.3, 0.4) is 0 Å². The van der Waals surface area contributed by atoms with E-state index in [1.807, 2.05) is 42.0 Å². The van der Waals surface area contributed by atoms with Crippen molar-refractivity contribution < 1.29 is 14.6 Å². The quantitative estimate of drug-likeness (QED) is 0.839. The number of carboxylic acids is 1. The maximum Gasteiger partial charge on any atom is 0.331 e. The van der Waals surface area contributed by atoms with Crippen molar-refractivity contribution in [2.45, 2.75) is 19.9 Å². The van der Waals surface area contributed by atoms with Crippen LogP contribution in [0.1, 0.15) is 13.3 Å². The van der Waals surface area contributed by atoms with E-state index in [4.69, 9.17) is 9.84 Å². The largest absolute Gasteiger partial charge is 0.497 e. The van der Waals surface area contributed by atoms with E-state index in [-0.39, 0.29) is 0 Å². The monoisotopic (exact) mass is 259 g/mol. The highest BCUT2D eigenvalue weighted by atomic mass is 16.5. The molecule has 0 saturated carbocycles. The zero-order valence-electron chi connectivity index (χ0n) is 11.1. The average molecular weight is 259 g/mol. The van der Waals surface area contributed by atoms with Crippen molar-refractivity contribution in [3.05, 3.63) is 42.1 Å². The molecule has 0 atom stereocenters. The minimum absolute atomic E-state index is 0.440. The van der Waals surface area contributed by atoms with E-state index >= 15 is 0 Å². The molecule has 0 amide bonds. The van der Waals surface area contributed by atoms with Crippen LogP contribution in [0.25, 0.3) is 10.9 Å². The maximum absolute atomic E-state index is 10.9. The molecule has 1 aromatic carbocycles. The van der Waals surface area contributed by atoms with Crippen LogP contribution in [0, 0.1) is 0 Å². The van der Waals surface area contributed by atoms with E-state index in [9.17, 15) is 4.79 Å². The third kappa shape index (κ3) is 2.78. The number of carboxylic acid groups (broad SMARTS) is 1. The molecule has 100 valence electrons. The molecule has 19 heavy (non-hydrogen) atoms. The summed E-state index contributed by atoms with van der Waals surface area (Å²) < 4.78 is 7.20. The normalized spacial score (nSPS) is 11.8. The summed E-state index contributed by atoms with van der Waals surface area (Å²) in [5.41, 5.74) is 1.51. The SMILES string of the molecule is CCC(=CCn1ccc2cc(OC)ccc21)C(=O)O. The Balaban J connectivity index is 2.29. The van der Waals surface area contributed by atoms with Gasteiger partial charge in [0.2, 0.25) is 0 Å². The molecule has 0 unspecified atom stereocenters. The molecular weight excluding hydrogens is 242 g/mol. The number of hydrogen-bond donors (Lipinski definition) is 1. The van der Waals surface area contributed by atoms with Gasteiger partial charge in [-0.05, 0) is 30.7 Å². The second kappa shape index (κ2) is 5.61. The summed E-state index contributed by atoms with van der Waals surface area (Å²) in [5, 5.41) is 10.1. The van der Waals surface area contributed by atoms with Crippen molar-refractivity contribution in [1.29, 1.82) is 0 Å². The highest BCUT2D eigenvalue weighted by Crippen LogP contribution is 2.22. The van der Waals surface area contributed by atoms with Gasteiger partial charge in [-0.2, -0.15) is 0 Å². The number of ether oxygens (including phenoxy) is 1. The van der Waals surface area contributed by atoms with Gasteiger partial charge < -0.3 is 14.4 Å². The third-order valence-electron chi connectivity index (χ3n) is 3.17. The number of hydrogen-bond acceptors (Lipinski definition) is 2. The molecule has 2 rings (SSSR count). The zero-order valence-corrected chi connectivity index (χ0v) is 11.1. The fourth-order valence-electron chi connectivity index (χ4n) is 2.06. The fraction of sp³-hybridized carbons (Fsp3) is 0.267. The van der Waals surface area contributed by atoms with Gasteiger partial charge in [0, 0.05) is 29.2 Å². The Morgan fingerprint density at radius 1 is 1.42 bits per heavy atom. The van der Waals surface area contributed by atoms with Gasteiger partial charge in [-0.15, -0.1) is 0 Å². The highest BCUT2D eigenvalue weighted by molar-refractivity contribution is 5.86. The van der Waals surface area contributed by atoms with Crippen LogP contribution in [0.4, 0.5) is 0 Å². The Hall–Kier alpha value is -2.23. The molecule has 1 aromatic heterocycles. The lowest BCUT2D eigenvalue weighted by molar-refractivity contribution is -0.132. The number of aliphatic carboxylic acids is 1. The highest BCUT2D eigenvalue weighted by Gasteiger charge is 2.05. The number of aromatic nitrogens is 1. The van der Waals surface area contributed by atoms with Gasteiger partial charge in [0.15, 0.2) is 0 Å². The van der Waals surface area contributed by atoms with Gasteiger partial charge in [0.25, 0.3) is 0 Å². The summed E-state index contributed by atoms with van der Waals surface area (Å²) in [4.78, 5) is 10.9. The number of rotatable bonds is 5. The average Bonchev–Trinajstić information content (AvgIpc) is 2.81. The van der Waals surface area contributed by atoms with Gasteiger partial charge in [-0.3, -0.25) is 0 Å². The van der Waals surface area contributed by atoms with Crippen LogP contribution in [-0.2, 0) is 11.3 Å². The first kappa shape index (κ1) is 13.2. The van der Waals surface area contributed by atoms with Crippen LogP contribution >= 0.6 is 0 Å². The summed E-state index contributed by atoms with van der Waals surface area (Å²) in [5.74, 6) is -0.0267. The molecule has 0 spiro atoms. The number of benzene rings is 1. The number of carbonyl (C=O) groups is 1. The van der Waals surface area contributed by atoms with E-state index in [0.717, 1.165) is 16.7 Å². The maximum atomic E-state index is 10.9. The lowest BCUT2D eigenvalue weighted by Gasteiger charge is -2.04. The van der Waals surface area contributed by atoms with Crippen molar-refractivity contribution in [3.63, 3.8) is 0 Å². The Morgan fingerprint density at radius 3 is 2.84 bits per heavy atom. The van der Waals surface area contributed by atoms with Gasteiger partial charge >= 0.3 is 5.97 Å². The van der Waals surface area contributed by atoms with Crippen molar-refractivity contribution in [3.8, 4) is 5.75 Å². The standard InChI is InChI=1S/C15H17NO3/c1-3-11(15(17)18)6-8-16-9-7-12-10-13(19-2)4-5-14(12)16/h4-7,9-10H,3,8H2,1-2H3,(H,17,18). The molecule has 0 radical (unpaired) electrons. The van der Waals surface area contributed by atoms with Crippen LogP contribution in [-0.4, -0.2) is 22.8 Å². The van der Waals surface area contributed by atoms with Gasteiger partial charge in [-0.25, -0.2) is 4.79 Å². The molecule has 0 bridgehead atoms.